The Labute approximate surface area is 102 Å². The molecule has 1 fully saturated rings. The van der Waals surface area contributed by atoms with E-state index in [-0.39, 0.29) is 0 Å². The van der Waals surface area contributed by atoms with Gasteiger partial charge in [-0.1, -0.05) is 23.2 Å². The molecule has 82 valence electrons. The number of pyridine rings is 1. The van der Waals surface area contributed by atoms with Crippen molar-refractivity contribution in [3.8, 4) is 0 Å². The minimum Gasteiger partial charge on any atom is -0.365 e. The lowest BCUT2D eigenvalue weighted by atomic mass is 10.4. The maximum Gasteiger partial charge on any atom is 0.172 e. The molecule has 0 atom stereocenters. The number of rotatable bonds is 2. The lowest BCUT2D eigenvalue weighted by Gasteiger charge is -2.07. The zero-order chi connectivity index (χ0) is 11.1. The highest BCUT2D eigenvalue weighted by Crippen LogP contribution is 2.29. The van der Waals surface area contributed by atoms with Crippen LogP contribution in [0, 0.1) is 0 Å². The summed E-state index contributed by atoms with van der Waals surface area (Å²) in [7, 11) is 0. The second-order valence-corrected chi connectivity index (χ2v) is 4.54. The third-order valence-electron chi connectivity index (χ3n) is 2.41. The fraction of sp³-hybridized carbons (Fsp3) is 0.300. The van der Waals surface area contributed by atoms with E-state index in [1.807, 2.05) is 0 Å². The van der Waals surface area contributed by atoms with Crippen LogP contribution in [0.4, 0.5) is 5.82 Å². The van der Waals surface area contributed by atoms with Gasteiger partial charge in [0.1, 0.15) is 11.0 Å². The van der Waals surface area contributed by atoms with Crippen LogP contribution >= 0.6 is 23.2 Å². The predicted octanol–water partition coefficient (Wildman–Crippen LogP) is 2.91. The second kappa shape index (κ2) is 3.71. The molecule has 1 N–H and O–H groups in total. The summed E-state index contributed by atoms with van der Waals surface area (Å²) < 4.78 is 0. The van der Waals surface area contributed by atoms with Crippen molar-refractivity contribution in [2.75, 3.05) is 5.32 Å². The molecule has 0 bridgehead atoms. The monoisotopic (exact) mass is 254 g/mol. The fourth-order valence-electron chi connectivity index (χ4n) is 1.44. The largest absolute Gasteiger partial charge is 0.365 e. The Hall–Kier alpha value is -1.13. The van der Waals surface area contributed by atoms with Gasteiger partial charge in [0, 0.05) is 12.2 Å². The Morgan fingerprint density at radius 3 is 2.75 bits per heavy atom. The van der Waals surface area contributed by atoms with Crippen molar-refractivity contribution in [1.29, 1.82) is 0 Å². The number of hydrogen-bond acceptors (Lipinski definition) is 4. The zero-order valence-electron chi connectivity index (χ0n) is 8.24. The maximum absolute atomic E-state index is 6.02. The lowest BCUT2D eigenvalue weighted by molar-refractivity contribution is 1.11. The molecule has 4 nitrogen and oxygen atoms in total. The molecule has 0 aliphatic heterocycles. The fourth-order valence-corrected chi connectivity index (χ4v) is 1.82. The van der Waals surface area contributed by atoms with Crippen LogP contribution in [-0.4, -0.2) is 21.0 Å². The predicted molar refractivity (Wildman–Crippen MR) is 64.0 cm³/mol. The van der Waals surface area contributed by atoms with E-state index in [1.54, 1.807) is 12.4 Å². The topological polar surface area (TPSA) is 50.7 Å². The molecular weight excluding hydrogens is 247 g/mol. The second-order valence-electron chi connectivity index (χ2n) is 3.77. The summed E-state index contributed by atoms with van der Waals surface area (Å²) in [5.74, 6) is 0.602. The maximum atomic E-state index is 6.02. The first kappa shape index (κ1) is 10.1. The average molecular weight is 255 g/mol. The Bertz CT molecular complexity index is 554. The molecule has 1 saturated carbocycles. The molecule has 2 aromatic rings. The Kier molecular flexibility index (Phi) is 2.33. The number of fused-ring (bicyclic) bond motifs is 1. The molecule has 0 amide bonds. The van der Waals surface area contributed by atoms with Crippen molar-refractivity contribution in [3.05, 3.63) is 22.6 Å². The summed E-state index contributed by atoms with van der Waals surface area (Å²) >= 11 is 12.0. The van der Waals surface area contributed by atoms with Crippen molar-refractivity contribution in [2.24, 2.45) is 0 Å². The van der Waals surface area contributed by atoms with E-state index >= 15 is 0 Å². The van der Waals surface area contributed by atoms with E-state index in [0.29, 0.717) is 33.1 Å². The first-order valence-corrected chi connectivity index (χ1v) is 5.73. The molecule has 2 heterocycles. The number of aromatic nitrogens is 3. The van der Waals surface area contributed by atoms with Gasteiger partial charge in [-0.3, -0.25) is 4.98 Å². The van der Waals surface area contributed by atoms with Crippen LogP contribution in [0.3, 0.4) is 0 Å². The van der Waals surface area contributed by atoms with Crippen molar-refractivity contribution in [2.45, 2.75) is 18.9 Å². The number of anilines is 1. The van der Waals surface area contributed by atoms with E-state index in [1.165, 1.54) is 0 Å². The third kappa shape index (κ3) is 1.79. The Morgan fingerprint density at radius 2 is 2.00 bits per heavy atom. The highest BCUT2D eigenvalue weighted by molar-refractivity contribution is 6.35. The molecule has 2 aromatic heterocycles. The molecule has 1 aliphatic rings. The van der Waals surface area contributed by atoms with Gasteiger partial charge < -0.3 is 5.32 Å². The number of hydrogen-bond donors (Lipinski definition) is 1. The molecule has 1 aliphatic carbocycles. The van der Waals surface area contributed by atoms with Gasteiger partial charge in [0.15, 0.2) is 11.0 Å². The van der Waals surface area contributed by atoms with Gasteiger partial charge in [-0.2, -0.15) is 0 Å². The molecule has 0 unspecified atom stereocenters. The summed E-state index contributed by atoms with van der Waals surface area (Å²) in [5, 5.41) is 4.07. The van der Waals surface area contributed by atoms with Crippen LogP contribution in [0.15, 0.2) is 12.4 Å². The highest BCUT2D eigenvalue weighted by Gasteiger charge is 2.23. The lowest BCUT2D eigenvalue weighted by Crippen LogP contribution is -2.05. The van der Waals surface area contributed by atoms with Gasteiger partial charge in [-0.25, -0.2) is 9.97 Å². The van der Waals surface area contributed by atoms with Crippen molar-refractivity contribution in [1.82, 2.24) is 15.0 Å². The van der Waals surface area contributed by atoms with E-state index in [2.05, 4.69) is 20.3 Å². The van der Waals surface area contributed by atoms with Gasteiger partial charge in [0.05, 0.1) is 11.2 Å². The molecule has 3 rings (SSSR count). The summed E-state index contributed by atoms with van der Waals surface area (Å²) in [6.45, 7) is 0. The molecule has 0 aromatic carbocycles. The van der Waals surface area contributed by atoms with Crippen LogP contribution in [0.5, 0.6) is 0 Å². The van der Waals surface area contributed by atoms with Crippen molar-refractivity contribution >= 4 is 40.1 Å². The normalized spacial score (nSPS) is 15.4. The Balaban J connectivity index is 2.14. The summed E-state index contributed by atoms with van der Waals surface area (Å²) in [6, 6.07) is 0.477. The third-order valence-corrected chi connectivity index (χ3v) is 2.95. The van der Waals surface area contributed by atoms with E-state index in [9.17, 15) is 0 Å². The molecular formula is C10H8Cl2N4. The zero-order valence-corrected chi connectivity index (χ0v) is 9.76. The molecule has 0 saturated heterocycles. The van der Waals surface area contributed by atoms with Crippen LogP contribution in [0.2, 0.25) is 10.2 Å². The van der Waals surface area contributed by atoms with Gasteiger partial charge in [-0.15, -0.1) is 0 Å². The van der Waals surface area contributed by atoms with Crippen LogP contribution < -0.4 is 5.32 Å². The minimum absolute atomic E-state index is 0.364. The van der Waals surface area contributed by atoms with Crippen LogP contribution in [0.25, 0.3) is 11.0 Å². The Morgan fingerprint density at radius 1 is 1.19 bits per heavy atom. The van der Waals surface area contributed by atoms with E-state index < -0.39 is 0 Å². The van der Waals surface area contributed by atoms with Crippen LogP contribution in [-0.2, 0) is 0 Å². The summed E-state index contributed by atoms with van der Waals surface area (Å²) in [5.41, 5.74) is 1.24. The van der Waals surface area contributed by atoms with Gasteiger partial charge in [0.25, 0.3) is 0 Å². The smallest absolute Gasteiger partial charge is 0.172 e. The van der Waals surface area contributed by atoms with Crippen molar-refractivity contribution < 1.29 is 0 Å². The summed E-state index contributed by atoms with van der Waals surface area (Å²) in [6.07, 6.45) is 5.45. The van der Waals surface area contributed by atoms with E-state index in [0.717, 1.165) is 12.8 Å². The molecule has 16 heavy (non-hydrogen) atoms. The first-order valence-electron chi connectivity index (χ1n) is 4.97. The van der Waals surface area contributed by atoms with Gasteiger partial charge >= 0.3 is 0 Å². The quantitative estimate of drug-likeness (QED) is 0.896. The van der Waals surface area contributed by atoms with Gasteiger partial charge in [0.2, 0.25) is 0 Å². The van der Waals surface area contributed by atoms with Gasteiger partial charge in [-0.05, 0) is 12.8 Å². The standard InChI is InChI=1S/C10H8Cl2N4/c11-6-3-13-4-7-8(6)16-10(9(12)15-7)14-5-1-2-5/h3-5H,1-2H2,(H,14,16). The molecule has 6 heteroatoms. The molecule has 0 spiro atoms. The number of nitrogens with one attached hydrogen (secondary N) is 1. The summed E-state index contributed by atoms with van der Waals surface area (Å²) in [4.78, 5) is 12.5. The number of halogens is 2. The molecule has 0 radical (unpaired) electrons. The minimum atomic E-state index is 0.364. The van der Waals surface area contributed by atoms with Crippen LogP contribution in [0.1, 0.15) is 12.8 Å². The number of nitrogens with zero attached hydrogens (tertiary/aromatic N) is 3. The van der Waals surface area contributed by atoms with Crippen molar-refractivity contribution in [3.63, 3.8) is 0 Å². The first-order chi connectivity index (χ1) is 7.74. The SMILES string of the molecule is Clc1nc2cncc(Cl)c2nc1NC1CC1. The van der Waals surface area contributed by atoms with E-state index in [4.69, 9.17) is 23.2 Å². The average Bonchev–Trinajstić information content (AvgIpc) is 3.04. The highest BCUT2D eigenvalue weighted by atomic mass is 35.5.